The van der Waals surface area contributed by atoms with Gasteiger partial charge in [-0.1, -0.05) is 11.6 Å². The van der Waals surface area contributed by atoms with E-state index in [0.29, 0.717) is 11.7 Å². The molecule has 2 aromatic heterocycles. The van der Waals surface area contributed by atoms with E-state index in [0.717, 1.165) is 27.6 Å². The first-order valence-corrected chi connectivity index (χ1v) is 6.48. The summed E-state index contributed by atoms with van der Waals surface area (Å²) in [5.41, 5.74) is 3.03. The van der Waals surface area contributed by atoms with Crippen molar-refractivity contribution in [2.75, 3.05) is 5.32 Å². The predicted octanol–water partition coefficient (Wildman–Crippen LogP) is 3.12. The first-order chi connectivity index (χ1) is 8.08. The van der Waals surface area contributed by atoms with Crippen LogP contribution in [0.1, 0.15) is 21.8 Å². The maximum absolute atomic E-state index is 5.89. The topological polar surface area (TPSA) is 50.7 Å². The van der Waals surface area contributed by atoms with E-state index in [9.17, 15) is 0 Å². The molecule has 4 nitrogen and oxygen atoms in total. The average molecular weight is 269 g/mol. The highest BCUT2D eigenvalue weighted by molar-refractivity contribution is 7.09. The van der Waals surface area contributed by atoms with Crippen molar-refractivity contribution in [1.82, 2.24) is 15.2 Å². The Morgan fingerprint density at radius 2 is 2.00 bits per heavy atom. The van der Waals surface area contributed by atoms with Gasteiger partial charge in [-0.25, -0.2) is 4.98 Å². The van der Waals surface area contributed by atoms with Crippen molar-refractivity contribution >= 4 is 28.8 Å². The molecule has 0 amide bonds. The molecule has 0 spiro atoms. The molecule has 2 rings (SSSR count). The molecule has 0 atom stereocenters. The minimum atomic E-state index is 0.457. The SMILES string of the molecule is Cc1csc(CNc2nnc(Cl)c(C)c2C)n1. The number of hydrogen-bond acceptors (Lipinski definition) is 5. The number of thiazole rings is 1. The van der Waals surface area contributed by atoms with Crippen LogP contribution in [0.15, 0.2) is 5.38 Å². The van der Waals surface area contributed by atoms with Crippen LogP contribution in [0.2, 0.25) is 5.15 Å². The molecule has 1 N–H and O–H groups in total. The maximum Gasteiger partial charge on any atom is 0.155 e. The van der Waals surface area contributed by atoms with E-state index in [1.54, 1.807) is 11.3 Å². The van der Waals surface area contributed by atoms with Crippen molar-refractivity contribution in [3.05, 3.63) is 32.4 Å². The standard InChI is InChI=1S/C11H13ClN4S/c1-6-5-17-9(14-6)4-13-11-8(3)7(2)10(12)15-16-11/h5H,4H2,1-3H3,(H,13,16). The van der Waals surface area contributed by atoms with E-state index in [4.69, 9.17) is 11.6 Å². The maximum atomic E-state index is 5.89. The summed E-state index contributed by atoms with van der Waals surface area (Å²) in [6, 6.07) is 0. The lowest BCUT2D eigenvalue weighted by molar-refractivity contribution is 0.964. The molecule has 0 saturated heterocycles. The molecule has 0 saturated carbocycles. The Kier molecular flexibility index (Phi) is 3.59. The number of nitrogens with zero attached hydrogens (tertiary/aromatic N) is 3. The second-order valence-corrected chi connectivity index (χ2v) is 5.13. The molecule has 0 bridgehead atoms. The summed E-state index contributed by atoms with van der Waals surface area (Å²) in [6.07, 6.45) is 0. The number of nitrogens with one attached hydrogen (secondary N) is 1. The normalized spacial score (nSPS) is 10.6. The van der Waals surface area contributed by atoms with Gasteiger partial charge in [0.2, 0.25) is 0 Å². The van der Waals surface area contributed by atoms with Gasteiger partial charge < -0.3 is 5.32 Å². The lowest BCUT2D eigenvalue weighted by Crippen LogP contribution is -2.05. The van der Waals surface area contributed by atoms with E-state index in [-0.39, 0.29) is 0 Å². The van der Waals surface area contributed by atoms with Gasteiger partial charge in [-0.05, 0) is 31.9 Å². The van der Waals surface area contributed by atoms with Crippen molar-refractivity contribution in [2.24, 2.45) is 0 Å². The highest BCUT2D eigenvalue weighted by atomic mass is 35.5. The molecule has 6 heteroatoms. The summed E-state index contributed by atoms with van der Waals surface area (Å²) in [6.45, 7) is 6.56. The van der Waals surface area contributed by atoms with Crippen LogP contribution in [-0.4, -0.2) is 15.2 Å². The number of rotatable bonds is 3. The minimum Gasteiger partial charge on any atom is -0.362 e. The van der Waals surface area contributed by atoms with E-state index in [2.05, 4.69) is 20.5 Å². The molecule has 2 aromatic rings. The van der Waals surface area contributed by atoms with Gasteiger partial charge in [0, 0.05) is 11.1 Å². The van der Waals surface area contributed by atoms with Crippen LogP contribution >= 0.6 is 22.9 Å². The Hall–Kier alpha value is -1.20. The summed E-state index contributed by atoms with van der Waals surface area (Å²) >= 11 is 7.53. The molecular formula is C11H13ClN4S. The van der Waals surface area contributed by atoms with Crippen LogP contribution in [0, 0.1) is 20.8 Å². The largest absolute Gasteiger partial charge is 0.362 e. The van der Waals surface area contributed by atoms with Gasteiger partial charge >= 0.3 is 0 Å². The van der Waals surface area contributed by atoms with Gasteiger partial charge in [-0.15, -0.1) is 21.5 Å². The average Bonchev–Trinajstić information content (AvgIpc) is 2.71. The summed E-state index contributed by atoms with van der Waals surface area (Å²) in [7, 11) is 0. The van der Waals surface area contributed by atoms with Crippen LogP contribution in [0.25, 0.3) is 0 Å². The molecule has 0 unspecified atom stereocenters. The van der Waals surface area contributed by atoms with Crippen LogP contribution in [0.3, 0.4) is 0 Å². The van der Waals surface area contributed by atoms with Crippen LogP contribution in [-0.2, 0) is 6.54 Å². The van der Waals surface area contributed by atoms with Crippen LogP contribution < -0.4 is 5.32 Å². The molecule has 0 radical (unpaired) electrons. The fourth-order valence-electron chi connectivity index (χ4n) is 1.39. The van der Waals surface area contributed by atoms with Crippen molar-refractivity contribution in [1.29, 1.82) is 0 Å². The predicted molar refractivity (Wildman–Crippen MR) is 70.7 cm³/mol. The molecule has 17 heavy (non-hydrogen) atoms. The molecular weight excluding hydrogens is 256 g/mol. The van der Waals surface area contributed by atoms with E-state index >= 15 is 0 Å². The van der Waals surface area contributed by atoms with Gasteiger partial charge in [0.1, 0.15) is 5.01 Å². The number of halogens is 1. The number of aromatic nitrogens is 3. The molecule has 0 aliphatic heterocycles. The molecule has 0 aromatic carbocycles. The Bertz CT molecular complexity index is 538. The fourth-order valence-corrected chi connectivity index (χ4v) is 2.28. The zero-order chi connectivity index (χ0) is 12.4. The third kappa shape index (κ3) is 2.73. The van der Waals surface area contributed by atoms with Crippen LogP contribution in [0.4, 0.5) is 5.82 Å². The minimum absolute atomic E-state index is 0.457. The third-order valence-corrected chi connectivity index (χ3v) is 3.86. The Morgan fingerprint density at radius 3 is 2.65 bits per heavy atom. The van der Waals surface area contributed by atoms with Gasteiger partial charge in [0.25, 0.3) is 0 Å². The van der Waals surface area contributed by atoms with Crippen molar-refractivity contribution in [2.45, 2.75) is 27.3 Å². The lowest BCUT2D eigenvalue weighted by atomic mass is 10.2. The zero-order valence-electron chi connectivity index (χ0n) is 9.91. The zero-order valence-corrected chi connectivity index (χ0v) is 11.5. The monoisotopic (exact) mass is 268 g/mol. The first-order valence-electron chi connectivity index (χ1n) is 5.22. The van der Waals surface area contributed by atoms with Gasteiger partial charge in [0.05, 0.1) is 6.54 Å². The first kappa shape index (κ1) is 12.3. The highest BCUT2D eigenvalue weighted by Gasteiger charge is 2.08. The Morgan fingerprint density at radius 1 is 1.24 bits per heavy atom. The van der Waals surface area contributed by atoms with E-state index in [1.165, 1.54) is 0 Å². The van der Waals surface area contributed by atoms with Crippen molar-refractivity contribution in [3.63, 3.8) is 0 Å². The Balaban J connectivity index is 2.12. The van der Waals surface area contributed by atoms with Crippen molar-refractivity contribution in [3.8, 4) is 0 Å². The number of aryl methyl sites for hydroxylation is 1. The third-order valence-electron chi connectivity index (χ3n) is 2.54. The number of hydrogen-bond donors (Lipinski definition) is 1. The summed E-state index contributed by atoms with van der Waals surface area (Å²) in [4.78, 5) is 4.38. The summed E-state index contributed by atoms with van der Waals surface area (Å²) < 4.78 is 0. The molecule has 90 valence electrons. The molecule has 2 heterocycles. The van der Waals surface area contributed by atoms with Crippen molar-refractivity contribution < 1.29 is 0 Å². The van der Waals surface area contributed by atoms with E-state index < -0.39 is 0 Å². The second kappa shape index (κ2) is 4.98. The van der Waals surface area contributed by atoms with Gasteiger partial charge in [-0.3, -0.25) is 0 Å². The van der Waals surface area contributed by atoms with Gasteiger partial charge in [-0.2, -0.15) is 0 Å². The fraction of sp³-hybridized carbons (Fsp3) is 0.364. The summed E-state index contributed by atoms with van der Waals surface area (Å²) in [5.74, 6) is 0.764. The van der Waals surface area contributed by atoms with E-state index in [1.807, 2.05) is 26.2 Å². The second-order valence-electron chi connectivity index (χ2n) is 3.83. The smallest absolute Gasteiger partial charge is 0.155 e. The highest BCUT2D eigenvalue weighted by Crippen LogP contribution is 2.21. The number of anilines is 1. The molecule has 0 aliphatic rings. The lowest BCUT2D eigenvalue weighted by Gasteiger charge is -2.08. The molecule has 0 fully saturated rings. The van der Waals surface area contributed by atoms with Crippen LogP contribution in [0.5, 0.6) is 0 Å². The summed E-state index contributed by atoms with van der Waals surface area (Å²) in [5, 5.41) is 14.7. The quantitative estimate of drug-likeness (QED) is 0.929. The Labute approximate surface area is 109 Å². The van der Waals surface area contributed by atoms with Gasteiger partial charge in [0.15, 0.2) is 11.0 Å². The molecule has 0 aliphatic carbocycles.